The van der Waals surface area contributed by atoms with Crippen LogP contribution in [0.15, 0.2) is 97.2 Å². The molecule has 0 aromatic carbocycles. The Balaban J connectivity index is 3.55. The quantitative estimate of drug-likeness (QED) is 0.0424. The number of hydrogen-bond acceptors (Lipinski definition) is 3. The molecule has 0 aromatic heterocycles. The van der Waals surface area contributed by atoms with Crippen LogP contribution in [0, 0.1) is 0 Å². The number of rotatable bonds is 44. The van der Waals surface area contributed by atoms with E-state index in [9.17, 15) is 15.0 Å². The van der Waals surface area contributed by atoms with Gasteiger partial charge in [0.1, 0.15) is 0 Å². The number of nitrogens with one attached hydrogen (secondary N) is 1. The zero-order chi connectivity index (χ0) is 42.8. The molecule has 0 aliphatic carbocycles. The number of hydrogen-bond donors (Lipinski definition) is 3. The Morgan fingerprint density at radius 2 is 0.746 bits per heavy atom. The standard InChI is InChI=1S/C55H95NO3/c1-3-5-7-9-11-13-15-17-18-19-20-21-22-23-24-25-26-27-28-29-30-31-32-33-34-35-36-37-38-39-41-43-45-47-49-51-55(59)56-53(52-57)54(58)50-48-46-44-42-40-16-14-12-10-8-6-4-2/h5,7,11,13,17-18,20-21,23-24,26-27,29-30,48,50,53-54,57-58H,3-4,6,8-10,12,14-16,19,22,25,28,31-47,49,51-52H2,1-2H3,(H,56,59)/b7-5-,13-11-,18-17-,21-20-,24-23-,27-26-,30-29-,50-48+. The topological polar surface area (TPSA) is 69.6 Å². The molecule has 59 heavy (non-hydrogen) atoms. The molecule has 0 aliphatic heterocycles. The van der Waals surface area contributed by atoms with Crippen molar-refractivity contribution in [2.45, 2.75) is 238 Å². The van der Waals surface area contributed by atoms with E-state index in [2.05, 4.69) is 104 Å². The second-order valence-corrected chi connectivity index (χ2v) is 16.5. The van der Waals surface area contributed by atoms with Crippen LogP contribution in [0.1, 0.15) is 226 Å². The van der Waals surface area contributed by atoms with E-state index in [-0.39, 0.29) is 12.5 Å². The summed E-state index contributed by atoms with van der Waals surface area (Å²) in [7, 11) is 0. The Morgan fingerprint density at radius 1 is 0.424 bits per heavy atom. The fourth-order valence-corrected chi connectivity index (χ4v) is 7.04. The Hall–Kier alpha value is -2.69. The predicted molar refractivity (Wildman–Crippen MR) is 262 cm³/mol. The van der Waals surface area contributed by atoms with Crippen molar-refractivity contribution in [3.8, 4) is 0 Å². The van der Waals surface area contributed by atoms with Crippen molar-refractivity contribution < 1.29 is 15.0 Å². The van der Waals surface area contributed by atoms with Gasteiger partial charge in [-0.3, -0.25) is 4.79 Å². The van der Waals surface area contributed by atoms with Crippen molar-refractivity contribution in [3.63, 3.8) is 0 Å². The van der Waals surface area contributed by atoms with Gasteiger partial charge >= 0.3 is 0 Å². The highest BCUT2D eigenvalue weighted by molar-refractivity contribution is 5.76. The molecule has 0 aromatic rings. The van der Waals surface area contributed by atoms with E-state index in [1.807, 2.05) is 6.08 Å². The summed E-state index contributed by atoms with van der Waals surface area (Å²) in [6.45, 7) is 4.18. The predicted octanol–water partition coefficient (Wildman–Crippen LogP) is 16.2. The fraction of sp³-hybridized carbons (Fsp3) is 0.691. The number of carbonyl (C=O) groups is 1. The summed E-state index contributed by atoms with van der Waals surface area (Å²) in [5, 5.41) is 23.0. The number of aliphatic hydroxyl groups is 2. The van der Waals surface area contributed by atoms with E-state index < -0.39 is 12.1 Å². The van der Waals surface area contributed by atoms with Crippen molar-refractivity contribution in [2.75, 3.05) is 6.61 Å². The van der Waals surface area contributed by atoms with Gasteiger partial charge in [-0.25, -0.2) is 0 Å². The van der Waals surface area contributed by atoms with Crippen LogP contribution in [0.2, 0.25) is 0 Å². The zero-order valence-electron chi connectivity index (χ0n) is 38.7. The lowest BCUT2D eigenvalue weighted by molar-refractivity contribution is -0.123. The van der Waals surface area contributed by atoms with Crippen LogP contribution in [0.25, 0.3) is 0 Å². The average Bonchev–Trinajstić information content (AvgIpc) is 3.24. The number of aliphatic hydroxyl groups excluding tert-OH is 2. The molecule has 0 saturated carbocycles. The van der Waals surface area contributed by atoms with E-state index >= 15 is 0 Å². The van der Waals surface area contributed by atoms with Gasteiger partial charge in [0, 0.05) is 6.42 Å². The maximum atomic E-state index is 12.4. The third-order valence-corrected chi connectivity index (χ3v) is 10.8. The van der Waals surface area contributed by atoms with Gasteiger partial charge in [-0.2, -0.15) is 0 Å². The zero-order valence-corrected chi connectivity index (χ0v) is 38.7. The van der Waals surface area contributed by atoms with Crippen LogP contribution in [-0.2, 0) is 4.79 Å². The Bertz CT molecular complexity index is 1110. The van der Waals surface area contributed by atoms with Crippen molar-refractivity contribution in [1.82, 2.24) is 5.32 Å². The Kier molecular flexibility index (Phi) is 47.4. The minimum Gasteiger partial charge on any atom is -0.394 e. The molecular formula is C55H95NO3. The SMILES string of the molecule is CC/C=C\C/C=C\C/C=C\C/C=C\C/C=C\C/C=C\C/C=C\CCCCCCCCCCCCCCCC(=O)NC(CO)C(O)/C=C/CCCCCCCCCCCC. The van der Waals surface area contributed by atoms with Crippen LogP contribution >= 0.6 is 0 Å². The van der Waals surface area contributed by atoms with Crippen molar-refractivity contribution in [2.24, 2.45) is 0 Å². The maximum Gasteiger partial charge on any atom is 0.220 e. The lowest BCUT2D eigenvalue weighted by Gasteiger charge is -2.20. The van der Waals surface area contributed by atoms with E-state index in [0.717, 1.165) is 70.6 Å². The van der Waals surface area contributed by atoms with Gasteiger partial charge in [0.2, 0.25) is 5.91 Å². The van der Waals surface area contributed by atoms with Gasteiger partial charge in [0.05, 0.1) is 18.8 Å². The second-order valence-electron chi connectivity index (χ2n) is 16.5. The van der Waals surface area contributed by atoms with Crippen LogP contribution in [0.5, 0.6) is 0 Å². The summed E-state index contributed by atoms with van der Waals surface area (Å²) in [4.78, 5) is 12.4. The van der Waals surface area contributed by atoms with E-state index in [4.69, 9.17) is 0 Å². The molecule has 0 radical (unpaired) electrons. The van der Waals surface area contributed by atoms with Crippen LogP contribution in [-0.4, -0.2) is 34.9 Å². The highest BCUT2D eigenvalue weighted by atomic mass is 16.3. The van der Waals surface area contributed by atoms with E-state index in [0.29, 0.717) is 6.42 Å². The molecule has 4 nitrogen and oxygen atoms in total. The molecule has 0 fully saturated rings. The molecule has 0 bridgehead atoms. The average molecular weight is 818 g/mol. The lowest BCUT2D eigenvalue weighted by atomic mass is 10.0. The molecule has 0 rings (SSSR count). The van der Waals surface area contributed by atoms with E-state index in [1.165, 1.54) is 135 Å². The maximum absolute atomic E-state index is 12.4. The first-order valence-corrected chi connectivity index (χ1v) is 25.0. The summed E-state index contributed by atoms with van der Waals surface area (Å²) in [6.07, 6.45) is 73.9. The Morgan fingerprint density at radius 3 is 1.12 bits per heavy atom. The molecule has 0 spiro atoms. The number of amides is 1. The van der Waals surface area contributed by atoms with Crippen molar-refractivity contribution in [3.05, 3.63) is 97.2 Å². The van der Waals surface area contributed by atoms with Crippen LogP contribution < -0.4 is 5.32 Å². The molecule has 3 N–H and O–H groups in total. The highest BCUT2D eigenvalue weighted by Crippen LogP contribution is 2.15. The molecule has 2 atom stereocenters. The van der Waals surface area contributed by atoms with Gasteiger partial charge in [0.25, 0.3) is 0 Å². The van der Waals surface area contributed by atoms with E-state index in [1.54, 1.807) is 6.08 Å². The molecule has 2 unspecified atom stereocenters. The second kappa shape index (κ2) is 49.7. The lowest BCUT2D eigenvalue weighted by Crippen LogP contribution is -2.45. The summed E-state index contributed by atoms with van der Waals surface area (Å²) in [5.41, 5.74) is 0. The normalized spacial score (nSPS) is 13.8. The summed E-state index contributed by atoms with van der Waals surface area (Å²) >= 11 is 0. The van der Waals surface area contributed by atoms with Gasteiger partial charge in [-0.15, -0.1) is 0 Å². The largest absolute Gasteiger partial charge is 0.394 e. The van der Waals surface area contributed by atoms with Gasteiger partial charge in [-0.05, 0) is 77.0 Å². The molecular weight excluding hydrogens is 723 g/mol. The van der Waals surface area contributed by atoms with Crippen molar-refractivity contribution >= 4 is 5.91 Å². The fourth-order valence-electron chi connectivity index (χ4n) is 7.04. The Labute approximate surface area is 366 Å². The molecule has 0 heterocycles. The van der Waals surface area contributed by atoms with Crippen LogP contribution in [0.4, 0.5) is 0 Å². The third-order valence-electron chi connectivity index (χ3n) is 10.8. The number of allylic oxidation sites excluding steroid dienone is 15. The van der Waals surface area contributed by atoms with Crippen molar-refractivity contribution in [1.29, 1.82) is 0 Å². The summed E-state index contributed by atoms with van der Waals surface area (Å²) in [6, 6.07) is -0.626. The minimum atomic E-state index is -0.843. The number of carbonyl (C=O) groups excluding carboxylic acids is 1. The number of unbranched alkanes of at least 4 members (excludes halogenated alkanes) is 23. The highest BCUT2D eigenvalue weighted by Gasteiger charge is 2.17. The molecule has 0 aliphatic rings. The first kappa shape index (κ1) is 56.3. The van der Waals surface area contributed by atoms with Gasteiger partial charge in [0.15, 0.2) is 0 Å². The molecule has 0 saturated heterocycles. The summed E-state index contributed by atoms with van der Waals surface area (Å²) < 4.78 is 0. The smallest absolute Gasteiger partial charge is 0.220 e. The first-order chi connectivity index (χ1) is 29.2. The first-order valence-electron chi connectivity index (χ1n) is 25.0. The van der Waals surface area contributed by atoms with Gasteiger partial charge < -0.3 is 15.5 Å². The van der Waals surface area contributed by atoms with Gasteiger partial charge in [-0.1, -0.05) is 239 Å². The molecule has 4 heteroatoms. The molecule has 338 valence electrons. The monoisotopic (exact) mass is 818 g/mol. The van der Waals surface area contributed by atoms with Crippen LogP contribution in [0.3, 0.4) is 0 Å². The minimum absolute atomic E-state index is 0.0699. The molecule has 1 amide bonds. The summed E-state index contributed by atoms with van der Waals surface area (Å²) in [5.74, 6) is -0.0699. The third kappa shape index (κ3) is 46.2.